The minimum Gasteiger partial charge on any atom is -0.386 e. The van der Waals surface area contributed by atoms with E-state index in [-0.39, 0.29) is 6.04 Å². The summed E-state index contributed by atoms with van der Waals surface area (Å²) in [5.41, 5.74) is 0.878. The molecule has 0 aliphatic rings. The Morgan fingerprint density at radius 2 is 2.06 bits per heavy atom. The van der Waals surface area contributed by atoms with Gasteiger partial charge >= 0.3 is 0 Å². The number of halogens is 1. The van der Waals surface area contributed by atoms with Crippen molar-refractivity contribution in [2.24, 2.45) is 0 Å². The zero-order chi connectivity index (χ0) is 12.3. The van der Waals surface area contributed by atoms with Gasteiger partial charge in [-0.2, -0.15) is 16.9 Å². The highest BCUT2D eigenvalue weighted by Gasteiger charge is 2.19. The Kier molecular flexibility index (Phi) is 5.34. The van der Waals surface area contributed by atoms with Gasteiger partial charge < -0.3 is 5.11 Å². The van der Waals surface area contributed by atoms with Crippen LogP contribution in [0.25, 0.3) is 0 Å². The first-order chi connectivity index (χ1) is 7.43. The molecule has 0 aromatic carbocycles. The highest BCUT2D eigenvalue weighted by molar-refractivity contribution is 9.10. The normalized spacial score (nSPS) is 13.8. The van der Waals surface area contributed by atoms with E-state index in [1.54, 1.807) is 18.0 Å². The number of hydrogen-bond donors (Lipinski definition) is 1. The molecule has 0 spiro atoms. The minimum absolute atomic E-state index is 0.264. The first-order valence-electron chi connectivity index (χ1n) is 5.46. The predicted octanol–water partition coefficient (Wildman–Crippen LogP) is 3.40. The summed E-state index contributed by atoms with van der Waals surface area (Å²) in [4.78, 5) is 0. The van der Waals surface area contributed by atoms with Crippen LogP contribution < -0.4 is 0 Å². The molecule has 3 nitrogen and oxygen atoms in total. The SMILES string of the molecule is CC(C)SCC(O)c1c(Br)cnn1C(C)C. The quantitative estimate of drug-likeness (QED) is 0.906. The van der Waals surface area contributed by atoms with Crippen molar-refractivity contribution in [3.63, 3.8) is 0 Å². The molecule has 0 saturated carbocycles. The van der Waals surface area contributed by atoms with E-state index in [1.165, 1.54) is 0 Å². The molecule has 1 aromatic rings. The number of aliphatic hydroxyl groups is 1. The Morgan fingerprint density at radius 3 is 2.56 bits per heavy atom. The molecule has 0 aliphatic carbocycles. The van der Waals surface area contributed by atoms with E-state index in [0.29, 0.717) is 11.0 Å². The third-order valence-electron chi connectivity index (χ3n) is 2.18. The van der Waals surface area contributed by atoms with Gasteiger partial charge in [0.2, 0.25) is 0 Å². The zero-order valence-electron chi connectivity index (χ0n) is 10.1. The van der Waals surface area contributed by atoms with Crippen LogP contribution in [-0.2, 0) is 0 Å². The average molecular weight is 307 g/mol. The van der Waals surface area contributed by atoms with Gasteiger partial charge in [-0.1, -0.05) is 13.8 Å². The molecule has 1 atom stereocenters. The Morgan fingerprint density at radius 1 is 1.44 bits per heavy atom. The van der Waals surface area contributed by atoms with Crippen molar-refractivity contribution in [2.45, 2.75) is 45.1 Å². The third kappa shape index (κ3) is 3.50. The van der Waals surface area contributed by atoms with Crippen LogP contribution in [0.2, 0.25) is 0 Å². The van der Waals surface area contributed by atoms with Gasteiger partial charge in [0.1, 0.15) is 6.10 Å². The maximum atomic E-state index is 10.2. The molecule has 1 aromatic heterocycles. The van der Waals surface area contributed by atoms with Gasteiger partial charge in [0.25, 0.3) is 0 Å². The summed E-state index contributed by atoms with van der Waals surface area (Å²) >= 11 is 5.20. The van der Waals surface area contributed by atoms with E-state index < -0.39 is 6.10 Å². The van der Waals surface area contributed by atoms with E-state index in [0.717, 1.165) is 10.2 Å². The van der Waals surface area contributed by atoms with Crippen molar-refractivity contribution in [2.75, 3.05) is 5.75 Å². The number of aromatic nitrogens is 2. The molecule has 0 aliphatic heterocycles. The van der Waals surface area contributed by atoms with Crippen molar-refractivity contribution in [1.29, 1.82) is 0 Å². The van der Waals surface area contributed by atoms with Crippen LogP contribution in [0.3, 0.4) is 0 Å². The molecule has 0 saturated heterocycles. The van der Waals surface area contributed by atoms with Gasteiger partial charge in [-0.25, -0.2) is 0 Å². The van der Waals surface area contributed by atoms with E-state index in [2.05, 4.69) is 48.7 Å². The first kappa shape index (κ1) is 14.1. The van der Waals surface area contributed by atoms with Crippen LogP contribution in [0, 0.1) is 0 Å². The van der Waals surface area contributed by atoms with Crippen LogP contribution in [0.15, 0.2) is 10.7 Å². The second-order valence-corrected chi connectivity index (χ2v) is 6.78. The van der Waals surface area contributed by atoms with Gasteiger partial charge in [-0.05, 0) is 35.0 Å². The van der Waals surface area contributed by atoms with Gasteiger partial charge in [0.05, 0.1) is 16.4 Å². The second-order valence-electron chi connectivity index (χ2n) is 4.31. The molecule has 1 rings (SSSR count). The maximum Gasteiger partial charge on any atom is 0.106 e. The first-order valence-corrected chi connectivity index (χ1v) is 7.30. The molecule has 5 heteroatoms. The fourth-order valence-corrected chi connectivity index (χ4v) is 2.70. The van der Waals surface area contributed by atoms with Crippen molar-refractivity contribution >= 4 is 27.7 Å². The van der Waals surface area contributed by atoms with E-state index in [1.807, 2.05) is 4.68 Å². The van der Waals surface area contributed by atoms with Gasteiger partial charge in [0, 0.05) is 11.8 Å². The molecule has 0 bridgehead atoms. The summed E-state index contributed by atoms with van der Waals surface area (Å²) in [7, 11) is 0. The third-order valence-corrected chi connectivity index (χ3v) is 3.97. The van der Waals surface area contributed by atoms with Crippen molar-refractivity contribution in [1.82, 2.24) is 9.78 Å². The van der Waals surface area contributed by atoms with Crippen molar-refractivity contribution < 1.29 is 5.11 Å². The molecule has 0 radical (unpaired) electrons. The molecular formula is C11H19BrN2OS. The number of hydrogen-bond acceptors (Lipinski definition) is 3. The second kappa shape index (κ2) is 6.07. The Bertz CT molecular complexity index is 339. The molecule has 0 amide bonds. The van der Waals surface area contributed by atoms with Crippen LogP contribution in [0.4, 0.5) is 0 Å². The summed E-state index contributed by atoms with van der Waals surface area (Å²) in [6, 6.07) is 0.264. The molecular weight excluding hydrogens is 288 g/mol. The summed E-state index contributed by atoms with van der Waals surface area (Å²) in [5.74, 6) is 0.703. The fraction of sp³-hybridized carbons (Fsp3) is 0.727. The Balaban J connectivity index is 2.81. The van der Waals surface area contributed by atoms with E-state index in [9.17, 15) is 5.11 Å². The summed E-state index contributed by atoms with van der Waals surface area (Å²) in [6.45, 7) is 8.38. The van der Waals surface area contributed by atoms with E-state index in [4.69, 9.17) is 0 Å². The van der Waals surface area contributed by atoms with Gasteiger partial charge in [0.15, 0.2) is 0 Å². The standard InChI is InChI=1S/C11H19BrN2OS/c1-7(2)14-11(9(12)5-13-14)10(15)6-16-8(3)4/h5,7-8,10,15H,6H2,1-4H3. The fourth-order valence-electron chi connectivity index (χ4n) is 1.44. The lowest BCUT2D eigenvalue weighted by atomic mass is 10.2. The van der Waals surface area contributed by atoms with E-state index >= 15 is 0 Å². The molecule has 0 fully saturated rings. The molecule has 92 valence electrons. The topological polar surface area (TPSA) is 38.1 Å². The molecule has 1 N–H and O–H groups in total. The molecule has 1 heterocycles. The average Bonchev–Trinajstić information content (AvgIpc) is 2.56. The lowest BCUT2D eigenvalue weighted by Gasteiger charge is -2.17. The molecule has 16 heavy (non-hydrogen) atoms. The predicted molar refractivity (Wildman–Crippen MR) is 72.9 cm³/mol. The number of nitrogens with zero attached hydrogens (tertiary/aromatic N) is 2. The zero-order valence-corrected chi connectivity index (χ0v) is 12.5. The Labute approximate surface area is 110 Å². The maximum absolute atomic E-state index is 10.2. The van der Waals surface area contributed by atoms with Crippen LogP contribution in [0.5, 0.6) is 0 Å². The largest absolute Gasteiger partial charge is 0.386 e. The summed E-state index contributed by atoms with van der Waals surface area (Å²) < 4.78 is 2.76. The van der Waals surface area contributed by atoms with Gasteiger partial charge in [-0.15, -0.1) is 0 Å². The minimum atomic E-state index is -0.466. The highest BCUT2D eigenvalue weighted by atomic mass is 79.9. The van der Waals surface area contributed by atoms with Crippen molar-refractivity contribution in [3.05, 3.63) is 16.4 Å². The van der Waals surface area contributed by atoms with Gasteiger partial charge in [-0.3, -0.25) is 4.68 Å². The molecule has 1 unspecified atom stereocenters. The number of aliphatic hydroxyl groups excluding tert-OH is 1. The summed E-state index contributed by atoms with van der Waals surface area (Å²) in [5, 5.41) is 15.0. The number of thioether (sulfide) groups is 1. The van der Waals surface area contributed by atoms with Crippen LogP contribution in [0.1, 0.15) is 45.5 Å². The summed E-state index contributed by atoms with van der Waals surface area (Å²) in [6.07, 6.45) is 1.28. The number of rotatable bonds is 5. The van der Waals surface area contributed by atoms with Crippen molar-refractivity contribution in [3.8, 4) is 0 Å². The Hall–Kier alpha value is 0. The van der Waals surface area contributed by atoms with Crippen LogP contribution in [-0.4, -0.2) is 25.9 Å². The smallest absolute Gasteiger partial charge is 0.106 e. The lowest BCUT2D eigenvalue weighted by molar-refractivity contribution is 0.188. The lowest BCUT2D eigenvalue weighted by Crippen LogP contribution is -2.13. The van der Waals surface area contributed by atoms with Crippen LogP contribution >= 0.6 is 27.7 Å². The highest BCUT2D eigenvalue weighted by Crippen LogP contribution is 2.28. The monoisotopic (exact) mass is 306 g/mol.